The van der Waals surface area contributed by atoms with Crippen LogP contribution in [0.5, 0.6) is 0 Å². The molecule has 0 N–H and O–H groups in total. The van der Waals surface area contributed by atoms with Crippen molar-refractivity contribution in [2.75, 3.05) is 13.1 Å². The number of nitrogens with zero attached hydrogens (tertiary/aromatic N) is 1. The van der Waals surface area contributed by atoms with Gasteiger partial charge in [-0.1, -0.05) is 18.5 Å². The summed E-state index contributed by atoms with van der Waals surface area (Å²) in [6.45, 7) is 5.11. The average Bonchev–Trinajstić information content (AvgIpc) is 2.33. The SMILES string of the molecule is Cc1cc(Br)c(S(=O)(=O)N2CCC[C@@H](C)C2)cc1Cl. The standard InChI is InChI=1S/C13H17BrClNO2S/c1-9-4-3-5-16(8-9)19(17,18)13-7-12(15)10(2)6-11(13)14/h6-7,9H,3-5,8H2,1-2H3/t9-/m1/s1. The minimum Gasteiger partial charge on any atom is -0.207 e. The number of sulfonamides is 1. The molecule has 6 heteroatoms. The lowest BCUT2D eigenvalue weighted by Crippen LogP contribution is -2.39. The normalized spacial score (nSPS) is 21.6. The highest BCUT2D eigenvalue weighted by molar-refractivity contribution is 9.10. The van der Waals surface area contributed by atoms with E-state index in [9.17, 15) is 8.42 Å². The first-order valence-electron chi connectivity index (χ1n) is 6.28. The van der Waals surface area contributed by atoms with Gasteiger partial charge in [-0.2, -0.15) is 4.31 Å². The van der Waals surface area contributed by atoms with Crippen LogP contribution in [0.3, 0.4) is 0 Å². The molecule has 0 amide bonds. The molecule has 0 aliphatic carbocycles. The summed E-state index contributed by atoms with van der Waals surface area (Å²) in [5, 5.41) is 0.479. The van der Waals surface area contributed by atoms with Crippen molar-refractivity contribution in [1.82, 2.24) is 4.31 Å². The molecule has 0 bridgehead atoms. The predicted molar refractivity (Wildman–Crippen MR) is 81.0 cm³/mol. The predicted octanol–water partition coefficient (Wildman–Crippen LogP) is 3.83. The summed E-state index contributed by atoms with van der Waals surface area (Å²) >= 11 is 9.39. The molecule has 0 unspecified atom stereocenters. The van der Waals surface area contributed by atoms with Gasteiger partial charge in [-0.05, 0) is 59.3 Å². The molecule has 0 spiro atoms. The highest BCUT2D eigenvalue weighted by Gasteiger charge is 2.30. The van der Waals surface area contributed by atoms with E-state index in [1.807, 2.05) is 6.92 Å². The van der Waals surface area contributed by atoms with Gasteiger partial charge in [0.25, 0.3) is 0 Å². The number of benzene rings is 1. The third-order valence-corrected chi connectivity index (χ3v) is 6.68. The Morgan fingerprint density at radius 1 is 1.42 bits per heavy atom. The van der Waals surface area contributed by atoms with Crippen LogP contribution in [0.4, 0.5) is 0 Å². The van der Waals surface area contributed by atoms with Gasteiger partial charge in [0.05, 0.1) is 4.90 Å². The molecule has 1 aromatic carbocycles. The van der Waals surface area contributed by atoms with Crippen LogP contribution in [0.25, 0.3) is 0 Å². The molecule has 1 aromatic rings. The Morgan fingerprint density at radius 2 is 2.11 bits per heavy atom. The van der Waals surface area contributed by atoms with E-state index in [4.69, 9.17) is 11.6 Å². The van der Waals surface area contributed by atoms with Crippen molar-refractivity contribution >= 4 is 37.6 Å². The van der Waals surface area contributed by atoms with E-state index < -0.39 is 10.0 Å². The Balaban J connectivity index is 2.42. The van der Waals surface area contributed by atoms with Crippen molar-refractivity contribution < 1.29 is 8.42 Å². The Labute approximate surface area is 128 Å². The van der Waals surface area contributed by atoms with Gasteiger partial charge in [0.1, 0.15) is 0 Å². The Kier molecular flexibility index (Phi) is 4.60. The molecule has 1 heterocycles. The second-order valence-corrected chi connectivity index (χ2v) is 8.31. The molecular weight excluding hydrogens is 350 g/mol. The number of halogens is 2. The van der Waals surface area contributed by atoms with Crippen molar-refractivity contribution in [2.45, 2.75) is 31.6 Å². The average molecular weight is 367 g/mol. The third-order valence-electron chi connectivity index (χ3n) is 3.45. The summed E-state index contributed by atoms with van der Waals surface area (Å²) in [6, 6.07) is 3.29. The fraction of sp³-hybridized carbons (Fsp3) is 0.538. The molecule has 2 rings (SSSR count). The maximum atomic E-state index is 12.7. The van der Waals surface area contributed by atoms with Crippen LogP contribution in [0.15, 0.2) is 21.5 Å². The van der Waals surface area contributed by atoms with Crippen molar-refractivity contribution in [1.29, 1.82) is 0 Å². The van der Waals surface area contributed by atoms with Gasteiger partial charge in [-0.3, -0.25) is 0 Å². The van der Waals surface area contributed by atoms with Crippen LogP contribution in [0.1, 0.15) is 25.3 Å². The first-order valence-corrected chi connectivity index (χ1v) is 8.89. The number of aryl methyl sites for hydroxylation is 1. The lowest BCUT2D eigenvalue weighted by molar-refractivity contribution is 0.281. The summed E-state index contributed by atoms with van der Waals surface area (Å²) in [5.74, 6) is 0.406. The zero-order valence-electron chi connectivity index (χ0n) is 11.0. The first-order chi connectivity index (χ1) is 8.82. The number of piperidine rings is 1. The second-order valence-electron chi connectivity index (χ2n) is 5.14. The number of hydrogen-bond acceptors (Lipinski definition) is 2. The van der Waals surface area contributed by atoms with Crippen LogP contribution in [0, 0.1) is 12.8 Å². The summed E-state index contributed by atoms with van der Waals surface area (Å²) in [5.41, 5.74) is 0.861. The molecule has 3 nitrogen and oxygen atoms in total. The fourth-order valence-corrected chi connectivity index (χ4v) is 5.30. The first kappa shape index (κ1) is 15.3. The van der Waals surface area contributed by atoms with E-state index in [1.165, 1.54) is 6.07 Å². The van der Waals surface area contributed by atoms with Gasteiger partial charge in [-0.15, -0.1) is 0 Å². The molecule has 0 saturated carbocycles. The largest absolute Gasteiger partial charge is 0.244 e. The quantitative estimate of drug-likeness (QED) is 0.797. The van der Waals surface area contributed by atoms with Crippen molar-refractivity contribution in [3.8, 4) is 0 Å². The smallest absolute Gasteiger partial charge is 0.207 e. The number of hydrogen-bond donors (Lipinski definition) is 0. The van der Waals surface area contributed by atoms with E-state index >= 15 is 0 Å². The maximum Gasteiger partial charge on any atom is 0.244 e. The molecule has 1 aliphatic rings. The van der Waals surface area contributed by atoms with Crippen molar-refractivity contribution in [3.63, 3.8) is 0 Å². The molecule has 106 valence electrons. The Hall–Kier alpha value is -0.100. The van der Waals surface area contributed by atoms with Crippen LogP contribution in [0.2, 0.25) is 5.02 Å². The highest BCUT2D eigenvalue weighted by atomic mass is 79.9. The monoisotopic (exact) mass is 365 g/mol. The minimum absolute atomic E-state index is 0.261. The highest BCUT2D eigenvalue weighted by Crippen LogP contribution is 2.32. The van der Waals surface area contributed by atoms with E-state index in [0.717, 1.165) is 18.4 Å². The van der Waals surface area contributed by atoms with Gasteiger partial charge < -0.3 is 0 Å². The zero-order valence-corrected chi connectivity index (χ0v) is 14.1. The van der Waals surface area contributed by atoms with Crippen LogP contribution in [-0.4, -0.2) is 25.8 Å². The van der Waals surface area contributed by atoms with Crippen LogP contribution < -0.4 is 0 Å². The topological polar surface area (TPSA) is 37.4 Å². The summed E-state index contributed by atoms with van der Waals surface area (Å²) in [4.78, 5) is 0.261. The number of rotatable bonds is 2. The zero-order chi connectivity index (χ0) is 14.2. The second kappa shape index (κ2) is 5.72. The van der Waals surface area contributed by atoms with Gasteiger partial charge >= 0.3 is 0 Å². The molecule has 1 fully saturated rings. The van der Waals surface area contributed by atoms with Crippen molar-refractivity contribution in [2.24, 2.45) is 5.92 Å². The molecule has 1 atom stereocenters. The lowest BCUT2D eigenvalue weighted by Gasteiger charge is -2.30. The van der Waals surface area contributed by atoms with E-state index in [2.05, 4.69) is 22.9 Å². The Morgan fingerprint density at radius 3 is 2.74 bits per heavy atom. The van der Waals surface area contributed by atoms with Gasteiger partial charge in [-0.25, -0.2) is 8.42 Å². The van der Waals surface area contributed by atoms with E-state index in [0.29, 0.717) is 28.5 Å². The summed E-state index contributed by atoms with van der Waals surface area (Å²) in [7, 11) is -3.46. The van der Waals surface area contributed by atoms with Crippen molar-refractivity contribution in [3.05, 3.63) is 27.2 Å². The Bertz CT molecular complexity index is 589. The van der Waals surface area contributed by atoms with Crippen LogP contribution >= 0.6 is 27.5 Å². The van der Waals surface area contributed by atoms with E-state index in [1.54, 1.807) is 10.4 Å². The molecule has 19 heavy (non-hydrogen) atoms. The molecule has 0 aromatic heterocycles. The maximum absolute atomic E-state index is 12.7. The van der Waals surface area contributed by atoms with Crippen LogP contribution in [-0.2, 0) is 10.0 Å². The minimum atomic E-state index is -3.46. The lowest BCUT2D eigenvalue weighted by atomic mass is 10.0. The summed E-state index contributed by atoms with van der Waals surface area (Å²) < 4.78 is 27.4. The molecule has 1 saturated heterocycles. The summed E-state index contributed by atoms with van der Waals surface area (Å²) in [6.07, 6.45) is 2.00. The fourth-order valence-electron chi connectivity index (χ4n) is 2.33. The van der Waals surface area contributed by atoms with E-state index in [-0.39, 0.29) is 4.90 Å². The van der Waals surface area contributed by atoms with Gasteiger partial charge in [0.2, 0.25) is 10.0 Å². The third kappa shape index (κ3) is 3.15. The van der Waals surface area contributed by atoms with Gasteiger partial charge in [0, 0.05) is 22.6 Å². The molecular formula is C13H17BrClNO2S. The molecule has 1 aliphatic heterocycles. The molecule has 0 radical (unpaired) electrons. The van der Waals surface area contributed by atoms with Gasteiger partial charge in [0.15, 0.2) is 0 Å².